The highest BCUT2D eigenvalue weighted by atomic mass is 16.7. The van der Waals surface area contributed by atoms with Crippen LogP contribution in [0.5, 0.6) is 0 Å². The van der Waals surface area contributed by atoms with Gasteiger partial charge in [0, 0.05) is 13.0 Å². The third kappa shape index (κ3) is 4.04. The Morgan fingerprint density at radius 2 is 2.00 bits per heavy atom. The molecule has 114 valence electrons. The molecule has 0 radical (unpaired) electrons. The van der Waals surface area contributed by atoms with Crippen molar-refractivity contribution >= 4 is 11.8 Å². The van der Waals surface area contributed by atoms with E-state index in [1.165, 1.54) is 12.2 Å². The first-order valence-corrected chi connectivity index (χ1v) is 7.27. The van der Waals surface area contributed by atoms with Crippen molar-refractivity contribution in [3.63, 3.8) is 0 Å². The maximum absolute atomic E-state index is 12.2. The van der Waals surface area contributed by atoms with Crippen LogP contribution in [-0.4, -0.2) is 31.0 Å². The fourth-order valence-electron chi connectivity index (χ4n) is 2.30. The van der Waals surface area contributed by atoms with E-state index in [9.17, 15) is 9.59 Å². The van der Waals surface area contributed by atoms with Crippen molar-refractivity contribution < 1.29 is 14.4 Å². The number of rotatable bonds is 6. The number of benzene rings is 1. The molecule has 1 fully saturated rings. The second-order valence-corrected chi connectivity index (χ2v) is 5.38. The summed E-state index contributed by atoms with van der Waals surface area (Å²) in [4.78, 5) is 29.1. The Morgan fingerprint density at radius 1 is 1.33 bits per heavy atom. The molecule has 1 aromatic carbocycles. The molecule has 0 bridgehead atoms. The highest BCUT2D eigenvalue weighted by molar-refractivity contribution is 5.81. The van der Waals surface area contributed by atoms with Gasteiger partial charge in [-0.15, -0.1) is 0 Å². The Hall–Kier alpha value is -1.88. The van der Waals surface area contributed by atoms with Crippen molar-refractivity contribution in [1.29, 1.82) is 0 Å². The standard InChI is InChI=1S/C16H22N2O3/c1-18(21-2)15(19)11-14(12-7-4-3-5-8-12)17-16(20)13-9-6-10-13/h3-5,7-8,13-14H,6,9-11H2,1-2H3,(H,17,20)/t14-/m0/s1. The molecule has 1 aromatic rings. The average Bonchev–Trinajstić information content (AvgIpc) is 2.44. The van der Waals surface area contributed by atoms with Gasteiger partial charge in [0.25, 0.3) is 0 Å². The average molecular weight is 290 g/mol. The summed E-state index contributed by atoms with van der Waals surface area (Å²) in [6, 6.07) is 9.25. The summed E-state index contributed by atoms with van der Waals surface area (Å²) in [7, 11) is 3.01. The Bertz CT molecular complexity index is 467. The maximum atomic E-state index is 12.2. The van der Waals surface area contributed by atoms with E-state index in [-0.39, 0.29) is 30.2 Å². The number of hydroxylamine groups is 2. The van der Waals surface area contributed by atoms with E-state index in [1.807, 2.05) is 30.3 Å². The van der Waals surface area contributed by atoms with E-state index in [2.05, 4.69) is 5.32 Å². The van der Waals surface area contributed by atoms with Gasteiger partial charge in [-0.2, -0.15) is 0 Å². The minimum absolute atomic E-state index is 0.0444. The van der Waals surface area contributed by atoms with Crippen molar-refractivity contribution in [1.82, 2.24) is 10.4 Å². The Labute approximate surface area is 125 Å². The van der Waals surface area contributed by atoms with Gasteiger partial charge in [-0.3, -0.25) is 14.4 Å². The highest BCUT2D eigenvalue weighted by Gasteiger charge is 2.28. The van der Waals surface area contributed by atoms with Gasteiger partial charge < -0.3 is 5.32 Å². The first-order chi connectivity index (χ1) is 10.1. The summed E-state index contributed by atoms with van der Waals surface area (Å²) in [5, 5.41) is 4.19. The third-order valence-electron chi connectivity index (χ3n) is 4.00. The molecular weight excluding hydrogens is 268 g/mol. The van der Waals surface area contributed by atoms with Crippen LogP contribution in [0.2, 0.25) is 0 Å². The fourth-order valence-corrected chi connectivity index (χ4v) is 2.30. The van der Waals surface area contributed by atoms with E-state index in [0.717, 1.165) is 24.8 Å². The summed E-state index contributed by atoms with van der Waals surface area (Å²) >= 11 is 0. The van der Waals surface area contributed by atoms with Crippen LogP contribution in [0, 0.1) is 5.92 Å². The molecule has 1 N–H and O–H groups in total. The number of amides is 2. The highest BCUT2D eigenvalue weighted by Crippen LogP contribution is 2.28. The number of hydrogen-bond donors (Lipinski definition) is 1. The van der Waals surface area contributed by atoms with Gasteiger partial charge in [0.05, 0.1) is 19.6 Å². The topological polar surface area (TPSA) is 58.6 Å². The molecule has 5 heteroatoms. The van der Waals surface area contributed by atoms with E-state index < -0.39 is 0 Å². The third-order valence-corrected chi connectivity index (χ3v) is 4.00. The first kappa shape index (κ1) is 15.5. The van der Waals surface area contributed by atoms with Gasteiger partial charge in [-0.05, 0) is 18.4 Å². The Morgan fingerprint density at radius 3 is 2.52 bits per heavy atom. The SMILES string of the molecule is CON(C)C(=O)C[C@H](NC(=O)C1CCC1)c1ccccc1. The van der Waals surface area contributed by atoms with Crippen molar-refractivity contribution in [3.8, 4) is 0 Å². The summed E-state index contributed by atoms with van der Waals surface area (Å²) < 4.78 is 0. The number of carbonyl (C=O) groups excluding carboxylic acids is 2. The van der Waals surface area contributed by atoms with Crippen molar-refractivity contribution in [3.05, 3.63) is 35.9 Å². The Balaban J connectivity index is 2.06. The zero-order valence-electron chi connectivity index (χ0n) is 12.5. The molecule has 2 amide bonds. The predicted octanol–water partition coefficient (Wildman–Crippen LogP) is 2.05. The van der Waals surface area contributed by atoms with E-state index in [4.69, 9.17) is 4.84 Å². The van der Waals surface area contributed by atoms with Crippen LogP contribution >= 0.6 is 0 Å². The smallest absolute Gasteiger partial charge is 0.248 e. The monoisotopic (exact) mass is 290 g/mol. The minimum atomic E-state index is -0.315. The molecule has 0 saturated heterocycles. The number of carbonyl (C=O) groups is 2. The van der Waals surface area contributed by atoms with E-state index in [0.29, 0.717) is 0 Å². The van der Waals surface area contributed by atoms with E-state index in [1.54, 1.807) is 7.05 Å². The van der Waals surface area contributed by atoms with Crippen LogP contribution in [-0.2, 0) is 14.4 Å². The van der Waals surface area contributed by atoms with Gasteiger partial charge in [-0.1, -0.05) is 36.8 Å². The molecule has 21 heavy (non-hydrogen) atoms. The summed E-state index contributed by atoms with van der Waals surface area (Å²) in [6.45, 7) is 0. The lowest BCUT2D eigenvalue weighted by Crippen LogP contribution is -2.39. The molecule has 5 nitrogen and oxygen atoms in total. The molecule has 0 aromatic heterocycles. The van der Waals surface area contributed by atoms with Crippen LogP contribution < -0.4 is 5.32 Å². The van der Waals surface area contributed by atoms with E-state index >= 15 is 0 Å². The van der Waals surface area contributed by atoms with Gasteiger partial charge in [0.2, 0.25) is 11.8 Å². The first-order valence-electron chi connectivity index (χ1n) is 7.27. The predicted molar refractivity (Wildman–Crippen MR) is 79.1 cm³/mol. The largest absolute Gasteiger partial charge is 0.349 e. The lowest BCUT2D eigenvalue weighted by Gasteiger charge is -2.28. The molecule has 1 aliphatic carbocycles. The molecule has 0 aliphatic heterocycles. The van der Waals surface area contributed by atoms with Crippen LogP contribution in [0.25, 0.3) is 0 Å². The van der Waals surface area contributed by atoms with Crippen LogP contribution in [0.3, 0.4) is 0 Å². The molecule has 1 aliphatic rings. The molecule has 1 atom stereocenters. The lowest BCUT2D eigenvalue weighted by molar-refractivity contribution is -0.169. The van der Waals surface area contributed by atoms with Gasteiger partial charge in [0.15, 0.2) is 0 Å². The number of nitrogens with zero attached hydrogens (tertiary/aromatic N) is 1. The van der Waals surface area contributed by atoms with Crippen molar-refractivity contribution in [2.24, 2.45) is 5.92 Å². The molecule has 0 heterocycles. The Kier molecular flexibility index (Phi) is 5.33. The zero-order chi connectivity index (χ0) is 15.2. The number of hydrogen-bond acceptors (Lipinski definition) is 3. The quantitative estimate of drug-likeness (QED) is 0.816. The second kappa shape index (κ2) is 7.22. The van der Waals surface area contributed by atoms with Crippen LogP contribution in [0.1, 0.15) is 37.3 Å². The molecular formula is C16H22N2O3. The van der Waals surface area contributed by atoms with Crippen molar-refractivity contribution in [2.45, 2.75) is 31.7 Å². The lowest BCUT2D eigenvalue weighted by atomic mass is 9.84. The van der Waals surface area contributed by atoms with Gasteiger partial charge >= 0.3 is 0 Å². The normalized spacial score (nSPS) is 15.9. The minimum Gasteiger partial charge on any atom is -0.349 e. The second-order valence-electron chi connectivity index (χ2n) is 5.38. The summed E-state index contributed by atoms with van der Waals surface area (Å²) in [5.41, 5.74) is 0.933. The van der Waals surface area contributed by atoms with Crippen LogP contribution in [0.4, 0.5) is 0 Å². The fraction of sp³-hybridized carbons (Fsp3) is 0.500. The maximum Gasteiger partial charge on any atom is 0.248 e. The summed E-state index contributed by atoms with van der Waals surface area (Å²) in [6.07, 6.45) is 3.19. The molecule has 0 spiro atoms. The van der Waals surface area contributed by atoms with Crippen LogP contribution in [0.15, 0.2) is 30.3 Å². The molecule has 1 saturated carbocycles. The summed E-state index contributed by atoms with van der Waals surface area (Å²) in [5.74, 6) is -0.0188. The van der Waals surface area contributed by atoms with Gasteiger partial charge in [-0.25, -0.2) is 5.06 Å². The molecule has 2 rings (SSSR count). The zero-order valence-corrected chi connectivity index (χ0v) is 12.5. The van der Waals surface area contributed by atoms with Crippen molar-refractivity contribution in [2.75, 3.05) is 14.2 Å². The number of nitrogens with one attached hydrogen (secondary N) is 1. The van der Waals surface area contributed by atoms with Gasteiger partial charge in [0.1, 0.15) is 0 Å². The molecule has 0 unspecified atom stereocenters.